The van der Waals surface area contributed by atoms with Crippen LogP contribution in [-0.2, 0) is 10.0 Å². The summed E-state index contributed by atoms with van der Waals surface area (Å²) in [5, 5.41) is 8.46. The summed E-state index contributed by atoms with van der Waals surface area (Å²) in [6.45, 7) is 2.50. The molecule has 0 aliphatic carbocycles. The largest absolute Gasteiger partial charge is 0.217 e. The minimum atomic E-state index is -3.13. The van der Waals surface area contributed by atoms with Crippen molar-refractivity contribution in [2.45, 2.75) is 6.92 Å². The van der Waals surface area contributed by atoms with Gasteiger partial charge in [-0.3, -0.25) is 0 Å². The van der Waals surface area contributed by atoms with Crippen molar-refractivity contribution < 1.29 is 8.42 Å². The van der Waals surface area contributed by atoms with Crippen molar-refractivity contribution in [3.8, 4) is 6.07 Å². The molecule has 0 radical (unpaired) electrons. The molecule has 1 rings (SSSR count). The Kier molecular flexibility index (Phi) is 3.07. The fourth-order valence-electron chi connectivity index (χ4n) is 1.07. The van der Waals surface area contributed by atoms with Gasteiger partial charge < -0.3 is 0 Å². The van der Waals surface area contributed by atoms with E-state index in [4.69, 9.17) is 5.26 Å². The van der Waals surface area contributed by atoms with Crippen molar-refractivity contribution in [2.24, 2.45) is 5.92 Å². The minimum absolute atomic E-state index is 0.0433. The number of nitrogens with zero attached hydrogens (tertiary/aromatic N) is 2. The second-order valence-electron chi connectivity index (χ2n) is 2.99. The first-order valence-corrected chi connectivity index (χ1v) is 5.69. The second-order valence-corrected chi connectivity index (χ2v) is 5.00. The molecule has 0 aromatic rings. The van der Waals surface area contributed by atoms with Crippen LogP contribution in [0, 0.1) is 17.2 Å². The van der Waals surface area contributed by atoms with Gasteiger partial charge in [-0.25, -0.2) is 8.42 Å². The first-order chi connectivity index (χ1) is 6.10. The van der Waals surface area contributed by atoms with E-state index >= 15 is 0 Å². The Morgan fingerprint density at radius 3 is 2.69 bits per heavy atom. The predicted molar refractivity (Wildman–Crippen MR) is 49.3 cm³/mol. The summed E-state index contributed by atoms with van der Waals surface area (Å²) in [7, 11) is -3.13. The molecular formula is C8H12N2O2S. The van der Waals surface area contributed by atoms with Crippen molar-refractivity contribution >= 4 is 10.0 Å². The van der Waals surface area contributed by atoms with Gasteiger partial charge in [0.25, 0.3) is 0 Å². The van der Waals surface area contributed by atoms with E-state index in [9.17, 15) is 8.42 Å². The molecule has 5 heteroatoms. The molecule has 0 atom stereocenters. The Bertz CT molecular complexity index is 334. The van der Waals surface area contributed by atoms with E-state index in [1.54, 1.807) is 19.1 Å². The van der Waals surface area contributed by atoms with E-state index in [1.165, 1.54) is 4.31 Å². The summed E-state index contributed by atoms with van der Waals surface area (Å²) in [6.07, 6.45) is 3.31. The van der Waals surface area contributed by atoms with Gasteiger partial charge in [-0.2, -0.15) is 9.57 Å². The predicted octanol–water partition coefficient (Wildman–Crippen LogP) is 0.348. The Labute approximate surface area is 78.5 Å². The molecule has 0 amide bonds. The van der Waals surface area contributed by atoms with Crippen molar-refractivity contribution in [2.75, 3.05) is 18.8 Å². The summed E-state index contributed by atoms with van der Waals surface area (Å²) in [5.41, 5.74) is 0. The van der Waals surface area contributed by atoms with E-state index in [0.717, 1.165) is 0 Å². The molecular weight excluding hydrogens is 188 g/mol. The molecule has 1 saturated heterocycles. The minimum Gasteiger partial charge on any atom is -0.212 e. The lowest BCUT2D eigenvalue weighted by Gasteiger charge is -2.33. The normalized spacial score (nSPS) is 20.0. The van der Waals surface area contributed by atoms with Crippen LogP contribution in [0.2, 0.25) is 0 Å². The molecule has 0 saturated carbocycles. The molecule has 4 nitrogen and oxygen atoms in total. The zero-order valence-corrected chi connectivity index (χ0v) is 8.29. The summed E-state index contributed by atoms with van der Waals surface area (Å²) in [5.74, 6) is -0.0675. The molecule has 0 unspecified atom stereocenters. The van der Waals surface area contributed by atoms with Crippen molar-refractivity contribution in [1.29, 1.82) is 5.26 Å². The lowest BCUT2D eigenvalue weighted by Crippen LogP contribution is -2.49. The molecule has 0 aromatic carbocycles. The fraction of sp³-hybridized carbons (Fsp3) is 0.625. The van der Waals surface area contributed by atoms with Crippen molar-refractivity contribution in [1.82, 2.24) is 4.31 Å². The maximum absolute atomic E-state index is 11.4. The summed E-state index contributed by atoms with van der Waals surface area (Å²) in [4.78, 5) is 0. The van der Waals surface area contributed by atoms with Gasteiger partial charge >= 0.3 is 0 Å². The Morgan fingerprint density at radius 2 is 2.23 bits per heavy atom. The van der Waals surface area contributed by atoms with Gasteiger partial charge in [-0.05, 0) is 6.92 Å². The molecule has 72 valence electrons. The Morgan fingerprint density at radius 1 is 1.62 bits per heavy atom. The van der Waals surface area contributed by atoms with Crippen LogP contribution in [0.1, 0.15) is 6.92 Å². The maximum atomic E-state index is 11.4. The fourth-order valence-corrected chi connectivity index (χ4v) is 2.53. The molecule has 1 aliphatic heterocycles. The quantitative estimate of drug-likeness (QED) is 0.617. The number of allylic oxidation sites excluding steroid dienone is 1. The molecule has 0 aromatic heterocycles. The first-order valence-electron chi connectivity index (χ1n) is 4.08. The average molecular weight is 200 g/mol. The van der Waals surface area contributed by atoms with Gasteiger partial charge in [-0.15, -0.1) is 0 Å². The van der Waals surface area contributed by atoms with Crippen LogP contribution >= 0.6 is 0 Å². The van der Waals surface area contributed by atoms with Crippen molar-refractivity contribution in [3.63, 3.8) is 0 Å². The van der Waals surface area contributed by atoms with Crippen LogP contribution in [0.25, 0.3) is 0 Å². The average Bonchev–Trinajstić information content (AvgIpc) is 1.98. The molecule has 0 N–H and O–H groups in total. The Balaban J connectivity index is 2.50. The number of hydrogen-bond acceptors (Lipinski definition) is 3. The highest BCUT2D eigenvalue weighted by Crippen LogP contribution is 2.18. The van der Waals surface area contributed by atoms with E-state index in [-0.39, 0.29) is 11.7 Å². The van der Waals surface area contributed by atoms with Crippen LogP contribution in [0.5, 0.6) is 0 Å². The molecule has 1 aliphatic rings. The highest BCUT2D eigenvalue weighted by molar-refractivity contribution is 7.89. The third-order valence-electron chi connectivity index (χ3n) is 1.97. The third-order valence-corrected chi connectivity index (χ3v) is 3.67. The van der Waals surface area contributed by atoms with Crippen LogP contribution in [0.4, 0.5) is 0 Å². The van der Waals surface area contributed by atoms with Gasteiger partial charge in [0, 0.05) is 13.1 Å². The highest BCUT2D eigenvalue weighted by atomic mass is 32.2. The van der Waals surface area contributed by atoms with Crippen LogP contribution < -0.4 is 0 Å². The van der Waals surface area contributed by atoms with Gasteiger partial charge in [0.15, 0.2) is 0 Å². The van der Waals surface area contributed by atoms with E-state index in [0.29, 0.717) is 13.1 Å². The topological polar surface area (TPSA) is 61.2 Å². The molecule has 0 bridgehead atoms. The number of nitriles is 1. The molecule has 1 fully saturated rings. The van der Waals surface area contributed by atoms with Gasteiger partial charge in [0.1, 0.15) is 0 Å². The molecule has 0 spiro atoms. The first kappa shape index (κ1) is 10.2. The van der Waals surface area contributed by atoms with E-state index in [1.807, 2.05) is 6.07 Å². The lowest BCUT2D eigenvalue weighted by molar-refractivity contribution is 0.249. The van der Waals surface area contributed by atoms with E-state index in [2.05, 4.69) is 0 Å². The smallest absolute Gasteiger partial charge is 0.212 e. The van der Waals surface area contributed by atoms with Gasteiger partial charge in [0.05, 0.1) is 17.7 Å². The number of rotatable bonds is 3. The molecule has 1 heterocycles. The van der Waals surface area contributed by atoms with Gasteiger partial charge in [-0.1, -0.05) is 12.2 Å². The van der Waals surface area contributed by atoms with E-state index < -0.39 is 10.0 Å². The second kappa shape index (κ2) is 3.90. The maximum Gasteiger partial charge on any atom is 0.217 e. The van der Waals surface area contributed by atoms with Crippen LogP contribution in [0.3, 0.4) is 0 Å². The van der Waals surface area contributed by atoms with Gasteiger partial charge in [0.2, 0.25) is 10.0 Å². The molecule has 13 heavy (non-hydrogen) atoms. The van der Waals surface area contributed by atoms with Crippen molar-refractivity contribution in [3.05, 3.63) is 12.2 Å². The summed E-state index contributed by atoms with van der Waals surface area (Å²) in [6, 6.07) is 2.04. The van der Waals surface area contributed by atoms with Crippen LogP contribution in [-0.4, -0.2) is 31.6 Å². The number of sulfonamides is 1. The highest BCUT2D eigenvalue weighted by Gasteiger charge is 2.34. The SMILES string of the molecule is C/C=C/CS(=O)(=O)N1CC(C#N)C1. The zero-order chi connectivity index (χ0) is 9.90. The monoisotopic (exact) mass is 200 g/mol. The lowest BCUT2D eigenvalue weighted by atomic mass is 10.1. The third kappa shape index (κ3) is 2.29. The van der Waals surface area contributed by atoms with Crippen LogP contribution in [0.15, 0.2) is 12.2 Å². The number of hydrogen-bond donors (Lipinski definition) is 0. The summed E-state index contributed by atoms with van der Waals surface area (Å²) < 4.78 is 24.1. The zero-order valence-electron chi connectivity index (χ0n) is 7.47. The summed E-state index contributed by atoms with van der Waals surface area (Å²) >= 11 is 0. The Hall–Kier alpha value is -0.860. The standard InChI is InChI=1S/C8H12N2O2S/c1-2-3-4-13(11,12)10-6-8(5-9)7-10/h2-3,8H,4,6-7H2,1H3/b3-2+.